The van der Waals surface area contributed by atoms with Crippen LogP contribution in [0.25, 0.3) is 0 Å². The summed E-state index contributed by atoms with van der Waals surface area (Å²) in [6, 6.07) is 10.3. The second kappa shape index (κ2) is 8.50. The summed E-state index contributed by atoms with van der Waals surface area (Å²) in [5.74, 6) is -3.63. The number of sulfonamides is 1. The summed E-state index contributed by atoms with van der Waals surface area (Å²) in [7, 11) is -4.09. The molecule has 0 bridgehead atoms. The molecule has 0 fully saturated rings. The van der Waals surface area contributed by atoms with Crippen molar-refractivity contribution in [1.82, 2.24) is 15.6 Å². The molecule has 0 aliphatic carbocycles. The Labute approximate surface area is 148 Å². The third kappa shape index (κ3) is 5.33. The van der Waals surface area contributed by atoms with Crippen molar-refractivity contribution < 1.29 is 26.8 Å². The Kier molecular flexibility index (Phi) is 6.36. The van der Waals surface area contributed by atoms with E-state index in [9.17, 15) is 26.8 Å². The molecule has 10 heteroatoms. The SMILES string of the molecule is O=C(CCNS(=O)(=O)c1ccc(F)c(F)c1)NNC(=O)c1ccccc1. The van der Waals surface area contributed by atoms with Gasteiger partial charge >= 0.3 is 0 Å². The maximum atomic E-state index is 13.1. The van der Waals surface area contributed by atoms with Crippen LogP contribution in [0.2, 0.25) is 0 Å². The molecule has 0 saturated heterocycles. The van der Waals surface area contributed by atoms with E-state index in [0.717, 1.165) is 6.07 Å². The van der Waals surface area contributed by atoms with Crippen molar-refractivity contribution >= 4 is 21.8 Å². The van der Waals surface area contributed by atoms with Gasteiger partial charge in [-0.2, -0.15) is 0 Å². The van der Waals surface area contributed by atoms with Crippen LogP contribution < -0.4 is 15.6 Å². The van der Waals surface area contributed by atoms with E-state index in [-0.39, 0.29) is 13.0 Å². The van der Waals surface area contributed by atoms with E-state index in [2.05, 4.69) is 15.6 Å². The van der Waals surface area contributed by atoms with Crippen LogP contribution in [0.15, 0.2) is 53.4 Å². The Balaban J connectivity index is 1.80. The average Bonchev–Trinajstić information content (AvgIpc) is 2.62. The minimum atomic E-state index is -4.09. The smallest absolute Gasteiger partial charge is 0.269 e. The van der Waals surface area contributed by atoms with E-state index in [4.69, 9.17) is 0 Å². The van der Waals surface area contributed by atoms with Gasteiger partial charge in [-0.05, 0) is 30.3 Å². The number of hydrogen-bond acceptors (Lipinski definition) is 4. The van der Waals surface area contributed by atoms with Gasteiger partial charge in [-0.25, -0.2) is 21.9 Å². The number of hydrazine groups is 1. The molecule has 0 spiro atoms. The lowest BCUT2D eigenvalue weighted by Gasteiger charge is -2.09. The quantitative estimate of drug-likeness (QED) is 0.650. The number of amides is 2. The zero-order valence-corrected chi connectivity index (χ0v) is 14.1. The first kappa shape index (κ1) is 19.5. The van der Waals surface area contributed by atoms with Crippen molar-refractivity contribution in [3.05, 3.63) is 65.7 Å². The molecule has 138 valence electrons. The standard InChI is InChI=1S/C16H15F2N3O4S/c17-13-7-6-12(10-14(13)18)26(24,25)19-9-8-15(22)20-21-16(23)11-4-2-1-3-5-11/h1-7,10,19H,8-9H2,(H,20,22)(H,21,23). The number of benzene rings is 2. The summed E-state index contributed by atoms with van der Waals surface area (Å²) in [5, 5.41) is 0. The minimum Gasteiger partial charge on any atom is -0.273 e. The molecule has 0 saturated carbocycles. The average molecular weight is 383 g/mol. The molecule has 0 aliphatic heterocycles. The summed E-state index contributed by atoms with van der Waals surface area (Å²) in [6.45, 7) is -0.297. The maximum Gasteiger partial charge on any atom is 0.269 e. The number of nitrogens with one attached hydrogen (secondary N) is 3. The van der Waals surface area contributed by atoms with E-state index < -0.39 is 38.4 Å². The van der Waals surface area contributed by atoms with Crippen LogP contribution in [0.3, 0.4) is 0 Å². The van der Waals surface area contributed by atoms with Gasteiger partial charge in [0.2, 0.25) is 15.9 Å². The topological polar surface area (TPSA) is 104 Å². The van der Waals surface area contributed by atoms with Gasteiger partial charge in [-0.15, -0.1) is 0 Å². The van der Waals surface area contributed by atoms with Crippen LogP contribution in [0.4, 0.5) is 8.78 Å². The molecule has 0 aliphatic rings. The van der Waals surface area contributed by atoms with Gasteiger partial charge in [0, 0.05) is 18.5 Å². The summed E-state index contributed by atoms with van der Waals surface area (Å²) in [6.07, 6.45) is -0.280. The Morgan fingerprint density at radius 3 is 2.27 bits per heavy atom. The molecule has 7 nitrogen and oxygen atoms in total. The van der Waals surface area contributed by atoms with E-state index in [1.54, 1.807) is 30.3 Å². The molecular weight excluding hydrogens is 368 g/mol. The predicted molar refractivity (Wildman–Crippen MR) is 88.2 cm³/mol. The normalized spacial score (nSPS) is 11.0. The highest BCUT2D eigenvalue weighted by Crippen LogP contribution is 2.13. The van der Waals surface area contributed by atoms with Gasteiger partial charge in [-0.3, -0.25) is 20.4 Å². The molecule has 3 N–H and O–H groups in total. The summed E-state index contributed by atoms with van der Waals surface area (Å²) < 4.78 is 51.9. The highest BCUT2D eigenvalue weighted by Gasteiger charge is 2.16. The van der Waals surface area contributed by atoms with Crippen LogP contribution in [0.1, 0.15) is 16.8 Å². The van der Waals surface area contributed by atoms with Crippen molar-refractivity contribution in [1.29, 1.82) is 0 Å². The van der Waals surface area contributed by atoms with Crippen molar-refractivity contribution in [2.45, 2.75) is 11.3 Å². The predicted octanol–water partition coefficient (Wildman–Crippen LogP) is 1.09. The molecule has 0 radical (unpaired) electrons. The molecule has 0 aromatic heterocycles. The third-order valence-corrected chi connectivity index (χ3v) is 4.66. The van der Waals surface area contributed by atoms with Crippen molar-refractivity contribution in [3.8, 4) is 0 Å². The van der Waals surface area contributed by atoms with Crippen LogP contribution in [-0.2, 0) is 14.8 Å². The number of carbonyl (C=O) groups excluding carboxylic acids is 2. The van der Waals surface area contributed by atoms with E-state index in [1.807, 2.05) is 0 Å². The summed E-state index contributed by atoms with van der Waals surface area (Å²) in [5.41, 5.74) is 4.67. The molecule has 0 unspecified atom stereocenters. The number of carbonyl (C=O) groups is 2. The first-order chi connectivity index (χ1) is 12.3. The Hall–Kier alpha value is -2.85. The minimum absolute atomic E-state index is 0.280. The van der Waals surface area contributed by atoms with Crippen LogP contribution in [0.5, 0.6) is 0 Å². The number of hydrogen-bond donors (Lipinski definition) is 3. The molecular formula is C16H15F2N3O4S. The largest absolute Gasteiger partial charge is 0.273 e. The van der Waals surface area contributed by atoms with E-state index in [0.29, 0.717) is 17.7 Å². The third-order valence-electron chi connectivity index (χ3n) is 3.20. The second-order valence-corrected chi connectivity index (χ2v) is 6.86. The molecule has 2 amide bonds. The Bertz CT molecular complexity index is 905. The van der Waals surface area contributed by atoms with Crippen molar-refractivity contribution in [3.63, 3.8) is 0 Å². The highest BCUT2D eigenvalue weighted by atomic mass is 32.2. The lowest BCUT2D eigenvalue weighted by molar-refractivity contribution is -0.121. The van der Waals surface area contributed by atoms with Crippen LogP contribution in [0, 0.1) is 11.6 Å². The summed E-state index contributed by atoms with van der Waals surface area (Å²) >= 11 is 0. The van der Waals surface area contributed by atoms with Gasteiger partial charge in [0.25, 0.3) is 5.91 Å². The van der Waals surface area contributed by atoms with Gasteiger partial charge in [0.05, 0.1) is 4.90 Å². The Morgan fingerprint density at radius 1 is 0.923 bits per heavy atom. The van der Waals surface area contributed by atoms with Gasteiger partial charge in [-0.1, -0.05) is 18.2 Å². The van der Waals surface area contributed by atoms with Crippen molar-refractivity contribution in [2.24, 2.45) is 0 Å². The van der Waals surface area contributed by atoms with Gasteiger partial charge in [0.15, 0.2) is 11.6 Å². The fourth-order valence-corrected chi connectivity index (χ4v) is 2.92. The maximum absolute atomic E-state index is 13.1. The van der Waals surface area contributed by atoms with Crippen molar-refractivity contribution in [2.75, 3.05) is 6.54 Å². The van der Waals surface area contributed by atoms with Gasteiger partial charge in [0.1, 0.15) is 0 Å². The highest BCUT2D eigenvalue weighted by molar-refractivity contribution is 7.89. The second-order valence-electron chi connectivity index (χ2n) is 5.09. The fourth-order valence-electron chi connectivity index (χ4n) is 1.88. The molecule has 2 rings (SSSR count). The lowest BCUT2D eigenvalue weighted by atomic mass is 10.2. The van der Waals surface area contributed by atoms with Crippen LogP contribution in [-0.4, -0.2) is 26.8 Å². The molecule has 26 heavy (non-hydrogen) atoms. The Morgan fingerprint density at radius 2 is 1.62 bits per heavy atom. The fraction of sp³-hybridized carbons (Fsp3) is 0.125. The zero-order valence-electron chi connectivity index (χ0n) is 13.3. The molecule has 2 aromatic carbocycles. The lowest BCUT2D eigenvalue weighted by Crippen LogP contribution is -2.42. The molecule has 2 aromatic rings. The summed E-state index contributed by atoms with van der Waals surface area (Å²) in [4.78, 5) is 22.9. The van der Waals surface area contributed by atoms with Gasteiger partial charge < -0.3 is 0 Å². The monoisotopic (exact) mass is 383 g/mol. The molecule has 0 atom stereocenters. The van der Waals surface area contributed by atoms with Crippen LogP contribution >= 0.6 is 0 Å². The first-order valence-corrected chi connectivity index (χ1v) is 8.87. The molecule has 0 heterocycles. The van der Waals surface area contributed by atoms with E-state index in [1.165, 1.54) is 0 Å². The number of rotatable bonds is 6. The first-order valence-electron chi connectivity index (χ1n) is 7.38. The van der Waals surface area contributed by atoms with E-state index >= 15 is 0 Å². The number of halogens is 2. The zero-order chi connectivity index (χ0) is 19.2.